The number of hydrogen-bond donors (Lipinski definition) is 0. The molecule has 14 nitrogen and oxygen atoms in total. The minimum absolute atomic E-state index is 0.268. The lowest BCUT2D eigenvalue weighted by atomic mass is 10.0. The van der Waals surface area contributed by atoms with Gasteiger partial charge in [-0.2, -0.15) is 24.0 Å². The molecule has 0 spiro atoms. The van der Waals surface area contributed by atoms with Crippen LogP contribution >= 0.6 is 0 Å². The number of carbonyl (C=O) groups is 3. The zero-order valence-electron chi connectivity index (χ0n) is 51.2. The van der Waals surface area contributed by atoms with Crippen molar-refractivity contribution in [3.05, 3.63) is 301 Å². The van der Waals surface area contributed by atoms with Gasteiger partial charge >= 0.3 is 17.9 Å². The number of hydrogen-bond acceptors (Lipinski definition) is 14. The van der Waals surface area contributed by atoms with Crippen molar-refractivity contribution < 1.29 is 66.5 Å². The van der Waals surface area contributed by atoms with E-state index in [4.69, 9.17) is 52.1 Å². The number of aryl methyl sites for hydroxylation is 2. The number of ether oxygens (including phenoxy) is 11. The number of fused-ring (bicyclic) bond motifs is 2. The summed E-state index contributed by atoms with van der Waals surface area (Å²) in [5, 5.41) is 0. The van der Waals surface area contributed by atoms with E-state index >= 15 is 0 Å². The lowest BCUT2D eigenvalue weighted by molar-refractivity contribution is -0.298. The van der Waals surface area contributed by atoms with E-state index in [1.54, 1.807) is 86.6 Å². The third-order valence-corrected chi connectivity index (χ3v) is 13.5. The van der Waals surface area contributed by atoms with Crippen molar-refractivity contribution in [2.45, 2.75) is 89.7 Å². The summed E-state index contributed by atoms with van der Waals surface area (Å²) in [6.07, 6.45) is 11.1. The van der Waals surface area contributed by atoms with E-state index in [1.165, 1.54) is 12.2 Å². The zero-order chi connectivity index (χ0) is 65.4. The van der Waals surface area contributed by atoms with Gasteiger partial charge in [-0.1, -0.05) is 96.4 Å². The molecule has 4 heterocycles. The van der Waals surface area contributed by atoms with E-state index in [0.29, 0.717) is 77.7 Å². The Kier molecular flexibility index (Phi) is 26.2. The zero-order valence-corrected chi connectivity index (χ0v) is 51.2. The Balaban J connectivity index is 0.000000244. The van der Waals surface area contributed by atoms with Crippen LogP contribution in [0.3, 0.4) is 0 Å². The first-order valence-electron chi connectivity index (χ1n) is 29.0. The fraction of sp³-hybridized carbons (Fsp3) is 0.228. The molecule has 4 aliphatic heterocycles. The highest BCUT2D eigenvalue weighted by Crippen LogP contribution is 2.36. The van der Waals surface area contributed by atoms with Crippen LogP contribution in [0.4, 0.5) is 0 Å². The first kappa shape index (κ1) is 67.4. The minimum Gasteiger partial charge on any atom is -0.456 e. The molecule has 93 heavy (non-hydrogen) atoms. The van der Waals surface area contributed by atoms with Crippen LogP contribution in [0.2, 0.25) is 0 Å². The molecule has 0 bridgehead atoms. The first-order valence-corrected chi connectivity index (χ1v) is 29.0. The molecule has 0 aromatic heterocycles. The summed E-state index contributed by atoms with van der Waals surface area (Å²) in [5.41, 5.74) is 47.5. The molecule has 0 amide bonds. The summed E-state index contributed by atoms with van der Waals surface area (Å²) in [6, 6.07) is 34.9. The van der Waals surface area contributed by atoms with Crippen molar-refractivity contribution >= 4 is 17.9 Å². The van der Waals surface area contributed by atoms with Crippen LogP contribution in [0.15, 0.2) is 249 Å². The van der Waals surface area contributed by atoms with Crippen molar-refractivity contribution in [3.8, 4) is 41.3 Å². The molecule has 0 saturated carbocycles. The summed E-state index contributed by atoms with van der Waals surface area (Å²) < 4.78 is 64.2. The molecular formula is C79H58O14-2. The number of carbonyl (C=O) groups excluding carboxylic acids is 3. The normalized spacial score (nSPS) is 19.2. The fourth-order valence-electron chi connectivity index (χ4n) is 8.82. The van der Waals surface area contributed by atoms with Crippen LogP contribution in [-0.4, -0.2) is 81.0 Å². The topological polar surface area (TPSA) is 153 Å². The molecule has 0 N–H and O–H groups in total. The van der Waals surface area contributed by atoms with Gasteiger partial charge in [0.2, 0.25) is 0 Å². The van der Waals surface area contributed by atoms with E-state index < -0.39 is 55.0 Å². The van der Waals surface area contributed by atoms with E-state index in [2.05, 4.69) is 141 Å². The highest BCUT2D eigenvalue weighted by atomic mass is 16.7. The van der Waals surface area contributed by atoms with Crippen LogP contribution in [-0.2, 0) is 37.9 Å². The standard InChI is InChI=1S/C43H31O8.C36H27O6/c1-4-5-6-7-8-9-10-13-31(2)14-11-12-28-46-36-23-21-35(22-24-36)43-48-30-39-40(51-43)38(27-29-47-39)50-42(45)34-19-25-37(26-20-34)49-41(44)33-17-15-32(3)16-18-33;1-4-5-6-7-8-9-10-13-27(2)14-11-12-24-38-31-21-19-30(20-22-31)36-40-26-33-34(42-36)32(23-25-39-33)41-35(37)29-17-15-28(3)16-18-29/h11,15-26,38-40,43H,1,27,29-30H2,2-3H3;11,15-22,32-34,36H,1,23,25-26H2,2-3H3/q2*-1. The molecule has 460 valence electrons. The summed E-state index contributed by atoms with van der Waals surface area (Å²) in [7, 11) is 0. The Morgan fingerprint density at radius 2 is 0.828 bits per heavy atom. The predicted molar refractivity (Wildman–Crippen MR) is 339 cm³/mol. The maximum Gasteiger partial charge on any atom is 0.343 e. The molecule has 0 aliphatic carbocycles. The van der Waals surface area contributed by atoms with Gasteiger partial charge in [-0.15, -0.1) is 23.3 Å². The minimum atomic E-state index is -0.701. The van der Waals surface area contributed by atoms with E-state index in [1.807, 2.05) is 62.4 Å². The molecule has 9 rings (SSSR count). The van der Waals surface area contributed by atoms with Gasteiger partial charge in [-0.3, -0.25) is 0 Å². The van der Waals surface area contributed by atoms with Gasteiger partial charge in [0.1, 0.15) is 53.9 Å². The molecule has 14 heteroatoms. The monoisotopic (exact) mass is 1230 g/mol. The number of benzene rings is 5. The Morgan fingerprint density at radius 3 is 1.24 bits per heavy atom. The Morgan fingerprint density at radius 1 is 0.462 bits per heavy atom. The molecule has 4 saturated heterocycles. The second-order valence-corrected chi connectivity index (χ2v) is 20.2. The van der Waals surface area contributed by atoms with Crippen molar-refractivity contribution in [1.82, 2.24) is 0 Å². The molecule has 4 aliphatic rings. The quantitative estimate of drug-likeness (QED) is 0.0291. The van der Waals surface area contributed by atoms with Crippen molar-refractivity contribution in [2.24, 2.45) is 0 Å². The van der Waals surface area contributed by atoms with Gasteiger partial charge in [-0.05, 0) is 157 Å². The molecule has 8 unspecified atom stereocenters. The van der Waals surface area contributed by atoms with E-state index in [0.717, 1.165) is 22.3 Å². The van der Waals surface area contributed by atoms with Crippen molar-refractivity contribution in [2.75, 3.05) is 26.4 Å². The lowest BCUT2D eigenvalue weighted by Crippen LogP contribution is -2.53. The largest absolute Gasteiger partial charge is 0.456 e. The maximum atomic E-state index is 13.1. The third-order valence-electron chi connectivity index (χ3n) is 13.5. The smallest absolute Gasteiger partial charge is 0.343 e. The molecule has 5 aromatic rings. The van der Waals surface area contributed by atoms with Crippen molar-refractivity contribution in [1.29, 1.82) is 0 Å². The fourth-order valence-corrected chi connectivity index (χ4v) is 8.82. The second kappa shape index (κ2) is 36.2. The predicted octanol–water partition coefficient (Wildman–Crippen LogP) is 13.1. The van der Waals surface area contributed by atoms with E-state index in [9.17, 15) is 14.4 Å². The van der Waals surface area contributed by atoms with Gasteiger partial charge in [0.25, 0.3) is 0 Å². The first-order chi connectivity index (χ1) is 45.4. The number of allylic oxidation sites excluding steroid dienone is 6. The number of esters is 3. The van der Waals surface area contributed by atoms with Crippen LogP contribution in [0, 0.1) is 50.1 Å². The second-order valence-electron chi connectivity index (χ2n) is 20.2. The van der Waals surface area contributed by atoms with Crippen LogP contribution < -0.4 is 14.2 Å². The van der Waals surface area contributed by atoms with Gasteiger partial charge in [0.15, 0.2) is 12.6 Å². The molecule has 0 radical (unpaired) electrons. The summed E-state index contributed by atoms with van der Waals surface area (Å²) in [4.78, 5) is 38.3. The van der Waals surface area contributed by atoms with Crippen LogP contribution in [0.25, 0.3) is 0 Å². The average Bonchev–Trinajstić information content (AvgIpc) is 0.872. The molecule has 5 aromatic carbocycles. The van der Waals surface area contributed by atoms with Gasteiger partial charge in [0, 0.05) is 36.2 Å². The summed E-state index contributed by atoms with van der Waals surface area (Å²) in [5.74, 6) is 5.51. The van der Waals surface area contributed by atoms with Gasteiger partial charge in [0.05, 0.1) is 43.1 Å². The third kappa shape index (κ3) is 21.9. The van der Waals surface area contributed by atoms with E-state index in [-0.39, 0.29) is 18.7 Å². The maximum absolute atomic E-state index is 13.1. The molecule has 4 fully saturated rings. The average molecular weight is 1230 g/mol. The Labute approximate surface area is 539 Å². The Bertz CT molecular complexity index is 4410. The summed E-state index contributed by atoms with van der Waals surface area (Å²) in [6.45, 7) is 15.6. The lowest BCUT2D eigenvalue weighted by Gasteiger charge is -2.42. The van der Waals surface area contributed by atoms with Crippen molar-refractivity contribution in [3.63, 3.8) is 0 Å². The SMILES string of the molecule is C=C=C=C=C=C=C=C=C=C(C)[C-]=CC#COc1ccc(C2OCC3OCCC(OC(=O)c4ccc(C)cc4)C3O2)cc1.C=C=C=C=C=C=C=C=C=C(C)[C-]=CC#COc1ccc(C2OCC3OCCC(OC(=O)c4ccc(OC(=O)c5ccc(C)cc5)cc4)C3O2)cc1. The highest BCUT2D eigenvalue weighted by Gasteiger charge is 2.45. The molecule has 8 atom stereocenters. The van der Waals surface area contributed by atoms with Crippen LogP contribution in [0.1, 0.15) is 92.6 Å². The van der Waals surface area contributed by atoms with Gasteiger partial charge in [-0.25, -0.2) is 25.8 Å². The number of rotatable bonds is 12. The Hall–Kier alpha value is -11.6. The van der Waals surface area contributed by atoms with Crippen LogP contribution in [0.5, 0.6) is 17.2 Å². The highest BCUT2D eigenvalue weighted by molar-refractivity contribution is 5.92. The van der Waals surface area contributed by atoms with Gasteiger partial charge < -0.3 is 52.1 Å². The summed E-state index contributed by atoms with van der Waals surface area (Å²) >= 11 is 0. The molecular weight excluding hydrogens is 1170 g/mol.